The summed E-state index contributed by atoms with van der Waals surface area (Å²) in [7, 11) is 0. The monoisotopic (exact) mass is 506 g/mol. The molecule has 0 aliphatic heterocycles. The van der Waals surface area contributed by atoms with E-state index in [1.807, 2.05) is 6.92 Å². The first kappa shape index (κ1) is 21.4. The van der Waals surface area contributed by atoms with Gasteiger partial charge in [-0.2, -0.15) is 18.3 Å². The summed E-state index contributed by atoms with van der Waals surface area (Å²) in [5.74, 6) is 1.27. The van der Waals surface area contributed by atoms with E-state index in [1.54, 1.807) is 30.3 Å². The second-order valence-corrected chi connectivity index (χ2v) is 9.68. The molecule has 168 valence electrons. The summed E-state index contributed by atoms with van der Waals surface area (Å²) >= 11 is 3.29. The maximum absolute atomic E-state index is 13.9. The normalized spacial score (nSPS) is 23.6. The number of carbonyl (C=O) groups is 1. The summed E-state index contributed by atoms with van der Waals surface area (Å²) in [6.45, 7) is 1.97. The molecule has 4 atom stereocenters. The van der Waals surface area contributed by atoms with Crippen LogP contribution >= 0.6 is 15.9 Å². The van der Waals surface area contributed by atoms with Crippen molar-refractivity contribution in [2.75, 3.05) is 0 Å². The summed E-state index contributed by atoms with van der Waals surface area (Å²) in [6.07, 6.45) is 0.0905. The van der Waals surface area contributed by atoms with Crippen molar-refractivity contribution in [1.82, 2.24) is 19.9 Å². The van der Waals surface area contributed by atoms with Crippen molar-refractivity contribution in [1.29, 1.82) is 0 Å². The van der Waals surface area contributed by atoms with Gasteiger partial charge in [-0.1, -0.05) is 36.8 Å². The van der Waals surface area contributed by atoms with Crippen LogP contribution < -0.4 is 5.32 Å². The Morgan fingerprint density at radius 1 is 1.22 bits per heavy atom. The number of hydrogen-bond donors (Lipinski definition) is 1. The third-order valence-corrected chi connectivity index (χ3v) is 7.63. The molecule has 2 saturated carbocycles. The second kappa shape index (κ2) is 7.86. The van der Waals surface area contributed by atoms with Crippen molar-refractivity contribution in [2.45, 2.75) is 44.8 Å². The van der Waals surface area contributed by atoms with Gasteiger partial charge in [-0.25, -0.2) is 9.50 Å². The molecule has 9 heteroatoms. The Balaban J connectivity index is 1.51. The zero-order valence-corrected chi connectivity index (χ0v) is 18.9. The number of nitrogens with one attached hydrogen (secondary N) is 1. The molecular formula is C23H22BrF3N4O. The fourth-order valence-corrected chi connectivity index (χ4v) is 5.90. The minimum atomic E-state index is -4.67. The summed E-state index contributed by atoms with van der Waals surface area (Å²) < 4.78 is 42.4. The van der Waals surface area contributed by atoms with Gasteiger partial charge in [-0.3, -0.25) is 4.79 Å². The minimum Gasteiger partial charge on any atom is -0.348 e. The Morgan fingerprint density at radius 3 is 2.59 bits per heavy atom. The van der Waals surface area contributed by atoms with E-state index in [2.05, 4.69) is 31.3 Å². The highest BCUT2D eigenvalue weighted by molar-refractivity contribution is 9.10. The number of halogens is 4. The van der Waals surface area contributed by atoms with Crippen LogP contribution in [0, 0.1) is 17.8 Å². The lowest BCUT2D eigenvalue weighted by Crippen LogP contribution is -2.40. The van der Waals surface area contributed by atoms with Crippen LogP contribution in [0.1, 0.15) is 48.8 Å². The minimum absolute atomic E-state index is 0.0450. The van der Waals surface area contributed by atoms with Gasteiger partial charge in [0.1, 0.15) is 0 Å². The SMILES string of the molecule is C[C@@H](NC(=O)c1nn2c(C(F)(F)F)cc(-c3ccccc3)nc2c1Br)[C@@H]1C[C@H]2CC[C@H]1C2. The number of amides is 1. The van der Waals surface area contributed by atoms with E-state index in [-0.39, 0.29) is 27.5 Å². The Morgan fingerprint density at radius 2 is 1.97 bits per heavy atom. The standard InChI is InChI=1S/C23H22BrF3N4O/c1-12(16-10-13-7-8-15(16)9-13)28-22(32)20-19(24)21-29-17(14-5-3-2-4-6-14)11-18(23(25,26)27)31(21)30-20/h2-6,11-13,15-16H,7-10H2,1H3,(H,28,32)/t12-,13+,15+,16+/m1/s1. The number of carbonyl (C=O) groups excluding carboxylic acids is 1. The number of alkyl halides is 3. The lowest BCUT2D eigenvalue weighted by atomic mass is 9.84. The van der Waals surface area contributed by atoms with Crippen LogP contribution in [0.25, 0.3) is 16.9 Å². The Bertz CT molecular complexity index is 1180. The van der Waals surface area contributed by atoms with E-state index in [0.717, 1.165) is 18.4 Å². The number of aromatic nitrogens is 3. The summed E-state index contributed by atoms with van der Waals surface area (Å²) in [5, 5.41) is 6.99. The zero-order valence-electron chi connectivity index (χ0n) is 17.4. The smallest absolute Gasteiger partial charge is 0.348 e. The van der Waals surface area contributed by atoms with Gasteiger partial charge in [0.2, 0.25) is 0 Å². The average molecular weight is 507 g/mol. The van der Waals surface area contributed by atoms with Gasteiger partial charge < -0.3 is 5.32 Å². The molecule has 2 aromatic heterocycles. The topological polar surface area (TPSA) is 59.3 Å². The van der Waals surface area contributed by atoms with Crippen LogP contribution in [0.5, 0.6) is 0 Å². The molecule has 1 aromatic carbocycles. The van der Waals surface area contributed by atoms with Crippen LogP contribution in [0.4, 0.5) is 13.2 Å². The molecule has 0 radical (unpaired) electrons. The number of benzene rings is 1. The first-order chi connectivity index (χ1) is 15.2. The van der Waals surface area contributed by atoms with E-state index in [0.29, 0.717) is 21.9 Å². The molecule has 0 unspecified atom stereocenters. The summed E-state index contributed by atoms with van der Waals surface area (Å²) in [5.41, 5.74) is -0.417. The predicted octanol–water partition coefficient (Wildman–Crippen LogP) is 5.73. The van der Waals surface area contributed by atoms with Gasteiger partial charge in [0.05, 0.1) is 10.2 Å². The van der Waals surface area contributed by atoms with Crippen molar-refractivity contribution in [3.63, 3.8) is 0 Å². The average Bonchev–Trinajstić information content (AvgIpc) is 3.48. The molecule has 3 aromatic rings. The fraction of sp³-hybridized carbons (Fsp3) is 0.435. The quantitative estimate of drug-likeness (QED) is 0.491. The maximum Gasteiger partial charge on any atom is 0.433 e. The van der Waals surface area contributed by atoms with E-state index in [4.69, 9.17) is 0 Å². The molecule has 2 aliphatic rings. The van der Waals surface area contributed by atoms with Crippen LogP contribution in [0.15, 0.2) is 40.9 Å². The highest BCUT2D eigenvalue weighted by Gasteiger charge is 2.42. The van der Waals surface area contributed by atoms with Gasteiger partial charge in [0.25, 0.3) is 5.91 Å². The highest BCUT2D eigenvalue weighted by Crippen LogP contribution is 2.49. The van der Waals surface area contributed by atoms with Crippen LogP contribution in [0.2, 0.25) is 0 Å². The first-order valence-corrected chi connectivity index (χ1v) is 11.5. The largest absolute Gasteiger partial charge is 0.433 e. The van der Waals surface area contributed by atoms with Crippen LogP contribution in [-0.2, 0) is 6.18 Å². The van der Waals surface area contributed by atoms with Crippen molar-refractivity contribution < 1.29 is 18.0 Å². The first-order valence-electron chi connectivity index (χ1n) is 10.7. The van der Waals surface area contributed by atoms with Crippen LogP contribution in [0.3, 0.4) is 0 Å². The number of fused-ring (bicyclic) bond motifs is 3. The molecule has 1 N–H and O–H groups in total. The second-order valence-electron chi connectivity index (χ2n) is 8.89. The van der Waals surface area contributed by atoms with Gasteiger partial charge >= 0.3 is 6.18 Å². The predicted molar refractivity (Wildman–Crippen MR) is 117 cm³/mol. The number of nitrogens with zero attached hydrogens (tertiary/aromatic N) is 3. The number of hydrogen-bond acceptors (Lipinski definition) is 3. The van der Waals surface area contributed by atoms with Crippen molar-refractivity contribution >= 4 is 27.5 Å². The molecule has 5 rings (SSSR count). The van der Waals surface area contributed by atoms with Crippen molar-refractivity contribution in [2.24, 2.45) is 17.8 Å². The molecule has 0 spiro atoms. The molecule has 2 heterocycles. The highest BCUT2D eigenvalue weighted by atomic mass is 79.9. The molecule has 2 fully saturated rings. The Labute approximate surface area is 191 Å². The molecular weight excluding hydrogens is 485 g/mol. The lowest BCUT2D eigenvalue weighted by molar-refractivity contribution is -0.142. The van der Waals surface area contributed by atoms with Crippen LogP contribution in [-0.4, -0.2) is 26.5 Å². The third kappa shape index (κ3) is 3.70. The molecule has 1 amide bonds. The zero-order chi connectivity index (χ0) is 22.6. The molecule has 0 saturated heterocycles. The molecule has 2 bridgehead atoms. The van der Waals surface area contributed by atoms with Gasteiger partial charge in [-0.15, -0.1) is 0 Å². The summed E-state index contributed by atoms with van der Waals surface area (Å²) in [4.78, 5) is 17.4. The van der Waals surface area contributed by atoms with E-state index < -0.39 is 17.8 Å². The number of rotatable bonds is 4. The van der Waals surface area contributed by atoms with Gasteiger partial charge in [0, 0.05) is 11.6 Å². The molecule has 5 nitrogen and oxygen atoms in total. The van der Waals surface area contributed by atoms with Gasteiger partial charge in [-0.05, 0) is 65.9 Å². The van der Waals surface area contributed by atoms with Crippen molar-refractivity contribution in [3.05, 3.63) is 52.3 Å². The molecule has 2 aliphatic carbocycles. The van der Waals surface area contributed by atoms with Crippen molar-refractivity contribution in [3.8, 4) is 11.3 Å². The Kier molecular flexibility index (Phi) is 5.27. The Hall–Kier alpha value is -2.42. The van der Waals surface area contributed by atoms with E-state index in [1.165, 1.54) is 19.3 Å². The molecule has 32 heavy (non-hydrogen) atoms. The lowest BCUT2D eigenvalue weighted by Gasteiger charge is -2.28. The van der Waals surface area contributed by atoms with Gasteiger partial charge in [0.15, 0.2) is 17.0 Å². The van der Waals surface area contributed by atoms with E-state index >= 15 is 0 Å². The fourth-order valence-electron chi connectivity index (χ4n) is 5.38. The van der Waals surface area contributed by atoms with E-state index in [9.17, 15) is 18.0 Å². The summed E-state index contributed by atoms with van der Waals surface area (Å²) in [6, 6.07) is 9.51. The maximum atomic E-state index is 13.9. The third-order valence-electron chi connectivity index (χ3n) is 6.90.